The first kappa shape index (κ1) is 30.4. The summed E-state index contributed by atoms with van der Waals surface area (Å²) in [5, 5.41) is 3.03. The van der Waals surface area contributed by atoms with E-state index < -0.39 is 38.2 Å². The number of amides is 1. The Morgan fingerprint density at radius 3 is 2.59 bits per heavy atom. The molecule has 2 heterocycles. The number of likely N-dealkylation sites (tertiary alicyclic amines) is 1. The summed E-state index contributed by atoms with van der Waals surface area (Å²) in [7, 11) is -3.24. The SMILES string of the molecule is COc1ccc(CN(c2ncns2)S(=O)(=O)c2c(F)cc(N[C@H]3CCN(C(=O)OC(C)(C)C)C3)c(C)c2F)c(C)c1. The fraction of sp³-hybridized carbons (Fsp3) is 0.444. The van der Waals surface area contributed by atoms with Crippen molar-refractivity contribution in [2.45, 2.75) is 64.1 Å². The largest absolute Gasteiger partial charge is 0.497 e. The van der Waals surface area contributed by atoms with Crippen molar-refractivity contribution in [1.29, 1.82) is 0 Å². The summed E-state index contributed by atoms with van der Waals surface area (Å²) in [4.78, 5) is 16.9. The maximum absolute atomic E-state index is 15.8. The van der Waals surface area contributed by atoms with Gasteiger partial charge in [0, 0.05) is 41.9 Å². The van der Waals surface area contributed by atoms with Crippen LogP contribution in [0.25, 0.3) is 0 Å². The fourth-order valence-corrected chi connectivity index (χ4v) is 6.74. The first-order chi connectivity index (χ1) is 19.2. The van der Waals surface area contributed by atoms with E-state index in [2.05, 4.69) is 14.7 Å². The van der Waals surface area contributed by atoms with Crippen LogP contribution in [0.4, 0.5) is 24.4 Å². The fourth-order valence-electron chi connectivity index (χ4n) is 4.44. The summed E-state index contributed by atoms with van der Waals surface area (Å²) in [6.45, 7) is 8.91. The summed E-state index contributed by atoms with van der Waals surface area (Å²) >= 11 is 0.793. The van der Waals surface area contributed by atoms with Gasteiger partial charge >= 0.3 is 6.09 Å². The molecule has 1 aliphatic rings. The number of methoxy groups -OCH3 is 1. The molecule has 10 nitrogen and oxygen atoms in total. The normalized spacial score (nSPS) is 15.6. The van der Waals surface area contributed by atoms with E-state index in [1.165, 1.54) is 25.3 Å². The van der Waals surface area contributed by atoms with Gasteiger partial charge in [-0.05, 0) is 70.4 Å². The molecule has 1 aliphatic heterocycles. The van der Waals surface area contributed by atoms with Gasteiger partial charge in [-0.3, -0.25) is 0 Å². The number of hydrogen-bond acceptors (Lipinski definition) is 9. The maximum Gasteiger partial charge on any atom is 0.410 e. The van der Waals surface area contributed by atoms with E-state index in [1.54, 1.807) is 45.9 Å². The van der Waals surface area contributed by atoms with Gasteiger partial charge in [-0.15, -0.1) is 0 Å². The van der Waals surface area contributed by atoms with E-state index in [-0.39, 0.29) is 35.5 Å². The van der Waals surface area contributed by atoms with Crippen molar-refractivity contribution in [2.24, 2.45) is 0 Å². The molecule has 1 fully saturated rings. The summed E-state index contributed by atoms with van der Waals surface area (Å²) < 4.78 is 74.4. The van der Waals surface area contributed by atoms with Gasteiger partial charge < -0.3 is 19.7 Å². The summed E-state index contributed by atoms with van der Waals surface area (Å²) in [5.41, 5.74) is 0.697. The quantitative estimate of drug-likeness (QED) is 0.368. The van der Waals surface area contributed by atoms with Crippen LogP contribution in [-0.4, -0.2) is 60.6 Å². The van der Waals surface area contributed by atoms with E-state index in [0.717, 1.165) is 27.5 Å². The van der Waals surface area contributed by atoms with E-state index in [0.29, 0.717) is 24.3 Å². The van der Waals surface area contributed by atoms with E-state index in [9.17, 15) is 13.2 Å². The Morgan fingerprint density at radius 1 is 1.24 bits per heavy atom. The molecule has 0 spiro atoms. The van der Waals surface area contributed by atoms with Crippen LogP contribution in [0.2, 0.25) is 0 Å². The molecule has 4 rings (SSSR count). The molecule has 41 heavy (non-hydrogen) atoms. The number of anilines is 2. The van der Waals surface area contributed by atoms with E-state index in [1.807, 2.05) is 0 Å². The molecule has 1 N–H and O–H groups in total. The molecular weight excluding hydrogens is 576 g/mol. The van der Waals surface area contributed by atoms with Crippen LogP contribution in [0.3, 0.4) is 0 Å². The number of benzene rings is 2. The first-order valence-electron chi connectivity index (χ1n) is 12.9. The molecule has 1 aromatic heterocycles. The number of nitrogens with zero attached hydrogens (tertiary/aromatic N) is 4. The predicted octanol–water partition coefficient (Wildman–Crippen LogP) is 5.26. The summed E-state index contributed by atoms with van der Waals surface area (Å²) in [6.07, 6.45) is 1.23. The molecule has 0 aliphatic carbocycles. The average molecular weight is 610 g/mol. The molecule has 0 saturated carbocycles. The van der Waals surface area contributed by atoms with Crippen LogP contribution in [0.5, 0.6) is 5.75 Å². The van der Waals surface area contributed by atoms with Crippen LogP contribution in [0, 0.1) is 25.5 Å². The molecule has 1 saturated heterocycles. The minimum absolute atomic E-state index is 0.0351. The van der Waals surface area contributed by atoms with Crippen molar-refractivity contribution in [1.82, 2.24) is 14.3 Å². The Bertz CT molecular complexity index is 1530. The standard InChI is InChI=1S/C27H33F2N5O5S2/c1-16-11-20(38-6)8-7-18(16)13-34(25-30-15-31-40-25)41(36,37)24-21(28)12-22(17(2)23(24)29)32-19-9-10-33(14-19)26(35)39-27(3,4)5/h7-8,11-12,15,19,32H,9-10,13-14H2,1-6H3/t19-/m0/s1. The van der Waals surface area contributed by atoms with Gasteiger partial charge in [0.1, 0.15) is 23.5 Å². The zero-order valence-electron chi connectivity index (χ0n) is 23.7. The lowest BCUT2D eigenvalue weighted by Gasteiger charge is -2.25. The Kier molecular flexibility index (Phi) is 8.73. The minimum Gasteiger partial charge on any atom is -0.497 e. The lowest BCUT2D eigenvalue weighted by atomic mass is 10.1. The van der Waals surface area contributed by atoms with E-state index in [4.69, 9.17) is 9.47 Å². The zero-order chi connectivity index (χ0) is 30.1. The maximum atomic E-state index is 15.8. The van der Waals surface area contributed by atoms with Gasteiger partial charge in [0.25, 0.3) is 10.0 Å². The number of aromatic nitrogens is 2. The second-order valence-corrected chi connectivity index (χ2v) is 13.3. The van der Waals surface area contributed by atoms with Crippen molar-refractivity contribution in [3.8, 4) is 5.75 Å². The molecule has 1 atom stereocenters. The highest BCUT2D eigenvalue weighted by Crippen LogP contribution is 2.34. The third-order valence-electron chi connectivity index (χ3n) is 6.59. The smallest absolute Gasteiger partial charge is 0.410 e. The Hall–Kier alpha value is -3.52. The Balaban J connectivity index is 1.62. The average Bonchev–Trinajstić information content (AvgIpc) is 3.58. The van der Waals surface area contributed by atoms with Gasteiger partial charge in [0.15, 0.2) is 10.7 Å². The number of hydrogen-bond donors (Lipinski definition) is 1. The number of rotatable bonds is 8. The molecular formula is C27H33F2N5O5S2. The van der Waals surface area contributed by atoms with Crippen molar-refractivity contribution in [2.75, 3.05) is 29.8 Å². The topological polar surface area (TPSA) is 114 Å². The predicted molar refractivity (Wildman–Crippen MR) is 152 cm³/mol. The number of aryl methyl sites for hydroxylation is 1. The van der Waals surface area contributed by atoms with Crippen LogP contribution in [0.1, 0.15) is 43.9 Å². The highest BCUT2D eigenvalue weighted by atomic mass is 32.2. The molecule has 1 amide bonds. The third-order valence-corrected chi connectivity index (χ3v) is 9.17. The lowest BCUT2D eigenvalue weighted by molar-refractivity contribution is 0.0293. The van der Waals surface area contributed by atoms with Crippen molar-refractivity contribution < 1.29 is 31.5 Å². The summed E-state index contributed by atoms with van der Waals surface area (Å²) in [6, 6.07) is 5.76. The lowest BCUT2D eigenvalue weighted by Crippen LogP contribution is -2.36. The number of nitrogens with one attached hydrogen (secondary N) is 1. The highest BCUT2D eigenvalue weighted by Gasteiger charge is 2.36. The number of carbonyl (C=O) groups excluding carboxylic acids is 1. The Labute approximate surface area is 242 Å². The zero-order valence-corrected chi connectivity index (χ0v) is 25.3. The number of ether oxygens (including phenoxy) is 2. The van der Waals surface area contributed by atoms with Crippen molar-refractivity contribution >= 4 is 38.5 Å². The molecule has 0 radical (unpaired) electrons. The van der Waals surface area contributed by atoms with Crippen molar-refractivity contribution in [3.05, 3.63) is 58.9 Å². The number of halogens is 2. The van der Waals surface area contributed by atoms with Crippen LogP contribution < -0.4 is 14.4 Å². The van der Waals surface area contributed by atoms with Crippen LogP contribution in [-0.2, 0) is 21.3 Å². The molecule has 0 unspecified atom stereocenters. The number of sulfonamides is 1. The third kappa shape index (κ3) is 6.70. The Morgan fingerprint density at radius 2 is 1.98 bits per heavy atom. The summed E-state index contributed by atoms with van der Waals surface area (Å²) in [5.74, 6) is -1.88. The van der Waals surface area contributed by atoms with Gasteiger partial charge in [-0.25, -0.2) is 31.3 Å². The second-order valence-electron chi connectivity index (χ2n) is 10.8. The van der Waals surface area contributed by atoms with Crippen molar-refractivity contribution in [3.63, 3.8) is 0 Å². The minimum atomic E-state index is -4.76. The monoisotopic (exact) mass is 609 g/mol. The highest BCUT2D eigenvalue weighted by molar-refractivity contribution is 7.93. The molecule has 0 bridgehead atoms. The van der Waals surface area contributed by atoms with Gasteiger partial charge in [0.05, 0.1) is 13.7 Å². The molecule has 3 aromatic rings. The first-order valence-corrected chi connectivity index (χ1v) is 15.1. The van der Waals surface area contributed by atoms with Crippen LogP contribution in [0.15, 0.2) is 35.5 Å². The van der Waals surface area contributed by atoms with E-state index >= 15 is 8.78 Å². The molecule has 222 valence electrons. The van der Waals surface area contributed by atoms with Gasteiger partial charge in [-0.2, -0.15) is 4.37 Å². The number of carbonyl (C=O) groups is 1. The van der Waals surface area contributed by atoms with Gasteiger partial charge in [0.2, 0.25) is 5.13 Å². The van der Waals surface area contributed by atoms with Crippen LogP contribution >= 0.6 is 11.5 Å². The second kappa shape index (κ2) is 11.8. The molecule has 14 heteroatoms. The van der Waals surface area contributed by atoms with Gasteiger partial charge in [-0.1, -0.05) is 6.07 Å². The molecule has 2 aromatic carbocycles.